The van der Waals surface area contributed by atoms with E-state index in [-0.39, 0.29) is 5.91 Å². The largest absolute Gasteiger partial charge is 0.383 e. The van der Waals surface area contributed by atoms with Gasteiger partial charge in [-0.05, 0) is 12.5 Å². The standard InChI is InChI=1S/C15H18N2O2S/c1-12-16-14(11-20-12)15(18)17(8-9-19-2)10-13-6-4-3-5-7-13/h3-7,11H,8-10H2,1-2H3. The monoisotopic (exact) mass is 290 g/mol. The number of carbonyl (C=O) groups is 1. The van der Waals surface area contributed by atoms with Crippen LogP contribution in [0.5, 0.6) is 0 Å². The van der Waals surface area contributed by atoms with Crippen molar-refractivity contribution in [2.24, 2.45) is 0 Å². The van der Waals surface area contributed by atoms with E-state index < -0.39 is 0 Å². The maximum Gasteiger partial charge on any atom is 0.273 e. The van der Waals surface area contributed by atoms with Gasteiger partial charge in [-0.25, -0.2) is 4.98 Å². The average molecular weight is 290 g/mol. The van der Waals surface area contributed by atoms with Crippen LogP contribution in [0.4, 0.5) is 0 Å². The Labute approximate surface area is 123 Å². The van der Waals surface area contributed by atoms with Gasteiger partial charge in [0.25, 0.3) is 5.91 Å². The van der Waals surface area contributed by atoms with Gasteiger partial charge in [0.2, 0.25) is 0 Å². The molecule has 1 heterocycles. The summed E-state index contributed by atoms with van der Waals surface area (Å²) in [6.45, 7) is 3.54. The van der Waals surface area contributed by atoms with E-state index in [1.807, 2.05) is 42.6 Å². The van der Waals surface area contributed by atoms with Crippen LogP contribution in [-0.2, 0) is 11.3 Å². The van der Waals surface area contributed by atoms with Crippen molar-refractivity contribution in [2.45, 2.75) is 13.5 Å². The van der Waals surface area contributed by atoms with Crippen molar-refractivity contribution < 1.29 is 9.53 Å². The number of thiazole rings is 1. The van der Waals surface area contributed by atoms with E-state index in [1.54, 1.807) is 12.0 Å². The number of ether oxygens (including phenoxy) is 1. The number of nitrogens with zero attached hydrogens (tertiary/aromatic N) is 2. The van der Waals surface area contributed by atoms with Crippen LogP contribution < -0.4 is 0 Å². The zero-order valence-corrected chi connectivity index (χ0v) is 12.5. The lowest BCUT2D eigenvalue weighted by Crippen LogP contribution is -2.33. The number of methoxy groups -OCH3 is 1. The molecule has 0 spiro atoms. The Morgan fingerprint density at radius 3 is 2.70 bits per heavy atom. The third kappa shape index (κ3) is 3.88. The van der Waals surface area contributed by atoms with Gasteiger partial charge in [0.05, 0.1) is 11.6 Å². The quantitative estimate of drug-likeness (QED) is 0.821. The Morgan fingerprint density at radius 1 is 1.35 bits per heavy atom. The normalized spacial score (nSPS) is 10.5. The lowest BCUT2D eigenvalue weighted by molar-refractivity contribution is 0.0675. The van der Waals surface area contributed by atoms with Gasteiger partial charge in [0.1, 0.15) is 5.69 Å². The molecule has 0 N–H and O–H groups in total. The van der Waals surface area contributed by atoms with Crippen molar-refractivity contribution in [3.8, 4) is 0 Å². The Kier molecular flexibility index (Phi) is 5.26. The topological polar surface area (TPSA) is 42.4 Å². The van der Waals surface area contributed by atoms with E-state index >= 15 is 0 Å². The number of aryl methyl sites for hydroxylation is 1. The van der Waals surface area contributed by atoms with Crippen molar-refractivity contribution in [3.05, 3.63) is 52.0 Å². The highest BCUT2D eigenvalue weighted by molar-refractivity contribution is 7.09. The van der Waals surface area contributed by atoms with E-state index in [0.29, 0.717) is 25.4 Å². The minimum Gasteiger partial charge on any atom is -0.383 e. The molecule has 0 radical (unpaired) electrons. The molecule has 1 aromatic heterocycles. The molecule has 0 aliphatic heterocycles. The summed E-state index contributed by atoms with van der Waals surface area (Å²) in [4.78, 5) is 18.5. The van der Waals surface area contributed by atoms with Crippen LogP contribution in [0.3, 0.4) is 0 Å². The summed E-state index contributed by atoms with van der Waals surface area (Å²) < 4.78 is 5.09. The van der Waals surface area contributed by atoms with E-state index in [2.05, 4.69) is 4.98 Å². The Morgan fingerprint density at radius 2 is 2.10 bits per heavy atom. The predicted molar refractivity (Wildman–Crippen MR) is 79.9 cm³/mol. The summed E-state index contributed by atoms with van der Waals surface area (Å²) in [6.07, 6.45) is 0. The summed E-state index contributed by atoms with van der Waals surface area (Å²) in [5.41, 5.74) is 1.61. The molecular weight excluding hydrogens is 272 g/mol. The molecule has 2 rings (SSSR count). The van der Waals surface area contributed by atoms with Crippen LogP contribution in [0.1, 0.15) is 21.1 Å². The molecule has 0 atom stereocenters. The molecule has 4 nitrogen and oxygen atoms in total. The smallest absolute Gasteiger partial charge is 0.273 e. The van der Waals surface area contributed by atoms with Crippen LogP contribution in [-0.4, -0.2) is 36.1 Å². The van der Waals surface area contributed by atoms with E-state index in [1.165, 1.54) is 11.3 Å². The first-order valence-electron chi connectivity index (χ1n) is 6.45. The van der Waals surface area contributed by atoms with Gasteiger partial charge >= 0.3 is 0 Å². The maximum atomic E-state index is 12.5. The van der Waals surface area contributed by atoms with E-state index in [9.17, 15) is 4.79 Å². The number of aromatic nitrogens is 1. The lowest BCUT2D eigenvalue weighted by Gasteiger charge is -2.21. The lowest BCUT2D eigenvalue weighted by atomic mass is 10.2. The van der Waals surface area contributed by atoms with Crippen LogP contribution in [0, 0.1) is 6.92 Å². The fourth-order valence-corrected chi connectivity index (χ4v) is 2.47. The van der Waals surface area contributed by atoms with Crippen molar-refractivity contribution >= 4 is 17.2 Å². The molecule has 0 aliphatic carbocycles. The molecule has 2 aromatic rings. The number of hydrogen-bond acceptors (Lipinski definition) is 4. The number of rotatable bonds is 6. The van der Waals surface area contributed by atoms with Gasteiger partial charge in [-0.1, -0.05) is 30.3 Å². The SMILES string of the molecule is COCCN(Cc1ccccc1)C(=O)c1csc(C)n1. The Balaban J connectivity index is 2.12. The maximum absolute atomic E-state index is 12.5. The molecule has 0 fully saturated rings. The Hall–Kier alpha value is -1.72. The van der Waals surface area contributed by atoms with Crippen molar-refractivity contribution in [1.82, 2.24) is 9.88 Å². The fourth-order valence-electron chi connectivity index (χ4n) is 1.88. The summed E-state index contributed by atoms with van der Waals surface area (Å²) in [5, 5.41) is 2.71. The predicted octanol–water partition coefficient (Wildman–Crippen LogP) is 2.74. The van der Waals surface area contributed by atoms with Crippen molar-refractivity contribution in [1.29, 1.82) is 0 Å². The highest BCUT2D eigenvalue weighted by Crippen LogP contribution is 2.13. The first-order valence-corrected chi connectivity index (χ1v) is 7.33. The fraction of sp³-hybridized carbons (Fsp3) is 0.333. The van der Waals surface area contributed by atoms with Crippen LogP contribution >= 0.6 is 11.3 Å². The third-order valence-corrected chi connectivity index (χ3v) is 3.68. The molecular formula is C15H18N2O2S. The first kappa shape index (κ1) is 14.7. The summed E-state index contributed by atoms with van der Waals surface area (Å²) in [7, 11) is 1.64. The Bertz CT molecular complexity index is 554. The number of benzene rings is 1. The van der Waals surface area contributed by atoms with Crippen molar-refractivity contribution in [3.63, 3.8) is 0 Å². The molecule has 1 amide bonds. The van der Waals surface area contributed by atoms with Crippen LogP contribution in [0.15, 0.2) is 35.7 Å². The molecule has 1 aromatic carbocycles. The highest BCUT2D eigenvalue weighted by atomic mass is 32.1. The highest BCUT2D eigenvalue weighted by Gasteiger charge is 2.18. The molecule has 5 heteroatoms. The molecule has 0 aliphatic rings. The van der Waals surface area contributed by atoms with Gasteiger partial charge < -0.3 is 9.64 Å². The number of carbonyl (C=O) groups excluding carboxylic acids is 1. The first-order chi connectivity index (χ1) is 9.70. The molecule has 0 bridgehead atoms. The summed E-state index contributed by atoms with van der Waals surface area (Å²) in [5.74, 6) is -0.0461. The van der Waals surface area contributed by atoms with Gasteiger partial charge in [-0.2, -0.15) is 0 Å². The zero-order chi connectivity index (χ0) is 14.4. The van der Waals surface area contributed by atoms with Gasteiger partial charge in [-0.15, -0.1) is 11.3 Å². The molecule has 0 saturated heterocycles. The minimum absolute atomic E-state index is 0.0461. The second-order valence-corrected chi connectivity index (χ2v) is 5.52. The molecule has 0 saturated carbocycles. The number of hydrogen-bond donors (Lipinski definition) is 0. The minimum atomic E-state index is -0.0461. The summed E-state index contributed by atoms with van der Waals surface area (Å²) >= 11 is 1.49. The molecule has 20 heavy (non-hydrogen) atoms. The zero-order valence-electron chi connectivity index (χ0n) is 11.7. The van der Waals surface area contributed by atoms with E-state index in [0.717, 1.165) is 10.6 Å². The van der Waals surface area contributed by atoms with Crippen LogP contribution in [0.25, 0.3) is 0 Å². The average Bonchev–Trinajstić information content (AvgIpc) is 2.90. The van der Waals surface area contributed by atoms with Gasteiger partial charge in [0.15, 0.2) is 0 Å². The molecule has 106 valence electrons. The number of amides is 1. The van der Waals surface area contributed by atoms with E-state index in [4.69, 9.17) is 4.74 Å². The van der Waals surface area contributed by atoms with Gasteiger partial charge in [-0.3, -0.25) is 4.79 Å². The van der Waals surface area contributed by atoms with Crippen LogP contribution in [0.2, 0.25) is 0 Å². The van der Waals surface area contributed by atoms with Crippen molar-refractivity contribution in [2.75, 3.05) is 20.3 Å². The van der Waals surface area contributed by atoms with Gasteiger partial charge in [0, 0.05) is 25.6 Å². The summed E-state index contributed by atoms with van der Waals surface area (Å²) in [6, 6.07) is 9.94. The molecule has 0 unspecified atom stereocenters. The third-order valence-electron chi connectivity index (χ3n) is 2.91. The second kappa shape index (κ2) is 7.17. The second-order valence-electron chi connectivity index (χ2n) is 4.46.